The Balaban J connectivity index is 0.834. The van der Waals surface area contributed by atoms with Gasteiger partial charge in [0, 0.05) is 16.7 Å². The summed E-state index contributed by atoms with van der Waals surface area (Å²) in [5.41, 5.74) is 23.5. The van der Waals surface area contributed by atoms with Crippen LogP contribution in [-0.4, -0.2) is 9.55 Å². The van der Waals surface area contributed by atoms with Gasteiger partial charge in [-0.05, 0) is 265 Å². The van der Waals surface area contributed by atoms with Crippen LogP contribution in [0.4, 0.5) is 0 Å². The molecule has 21 rings (SSSR count). The molecule has 0 aliphatic heterocycles. The number of para-hydroxylation sites is 3. The van der Waals surface area contributed by atoms with Crippen LogP contribution in [0.1, 0.15) is 25.0 Å². The minimum absolute atomic E-state index is 0.235. The van der Waals surface area contributed by atoms with Crippen LogP contribution < -0.4 is 0 Å². The van der Waals surface area contributed by atoms with Gasteiger partial charge in [0.25, 0.3) is 0 Å². The van der Waals surface area contributed by atoms with Crippen LogP contribution in [0.3, 0.4) is 0 Å². The van der Waals surface area contributed by atoms with Gasteiger partial charge in [0.1, 0.15) is 5.82 Å². The summed E-state index contributed by atoms with van der Waals surface area (Å²) in [5, 5.41) is 22.0. The summed E-state index contributed by atoms with van der Waals surface area (Å²) < 4.78 is 2.30. The van der Waals surface area contributed by atoms with Crippen LogP contribution in [0, 0.1) is 0 Å². The predicted octanol–water partition coefficient (Wildman–Crippen LogP) is 27.4. The molecule has 0 saturated heterocycles. The van der Waals surface area contributed by atoms with E-state index in [-0.39, 0.29) is 5.41 Å². The molecule has 102 heavy (non-hydrogen) atoms. The molecule has 0 amide bonds. The second kappa shape index (κ2) is 22.5. The van der Waals surface area contributed by atoms with E-state index >= 15 is 0 Å². The van der Waals surface area contributed by atoms with Gasteiger partial charge >= 0.3 is 0 Å². The zero-order valence-electron chi connectivity index (χ0n) is 56.4. The lowest BCUT2D eigenvalue weighted by atomic mass is 9.79. The third-order valence-electron chi connectivity index (χ3n) is 22.5. The maximum Gasteiger partial charge on any atom is 0.145 e. The lowest BCUT2D eigenvalue weighted by molar-refractivity contribution is 0.661. The highest BCUT2D eigenvalue weighted by Gasteiger charge is 2.36. The van der Waals surface area contributed by atoms with Crippen molar-refractivity contribution >= 4 is 108 Å². The van der Waals surface area contributed by atoms with Crippen molar-refractivity contribution in [3.63, 3.8) is 0 Å². The van der Waals surface area contributed by atoms with Crippen LogP contribution in [-0.2, 0) is 5.41 Å². The molecule has 1 aliphatic rings. The van der Waals surface area contributed by atoms with E-state index in [2.05, 4.69) is 370 Å². The van der Waals surface area contributed by atoms with Gasteiger partial charge in [-0.2, -0.15) is 0 Å². The van der Waals surface area contributed by atoms with E-state index in [4.69, 9.17) is 4.98 Å². The van der Waals surface area contributed by atoms with E-state index in [1.807, 2.05) is 0 Å². The fraction of sp³-hybridized carbons (Fsp3) is 0.0300. The topological polar surface area (TPSA) is 17.8 Å². The van der Waals surface area contributed by atoms with Crippen molar-refractivity contribution in [2.75, 3.05) is 0 Å². The molecule has 2 heteroatoms. The molecule has 0 radical (unpaired) electrons. The first-order valence-corrected chi connectivity index (χ1v) is 35.5. The predicted molar refractivity (Wildman–Crippen MR) is 434 cm³/mol. The molecular formula is C100H64N2. The zero-order chi connectivity index (χ0) is 67.3. The molecule has 0 saturated carbocycles. The summed E-state index contributed by atoms with van der Waals surface area (Å²) in [6, 6.07) is 132. The molecule has 474 valence electrons. The highest BCUT2D eigenvalue weighted by atomic mass is 15.1. The molecule has 1 heterocycles. The van der Waals surface area contributed by atoms with Crippen LogP contribution >= 0.6 is 0 Å². The van der Waals surface area contributed by atoms with Crippen molar-refractivity contribution in [3.8, 4) is 95.0 Å². The van der Waals surface area contributed by atoms with Gasteiger partial charge in [0.2, 0.25) is 0 Å². The second-order valence-corrected chi connectivity index (χ2v) is 28.5. The molecule has 1 aliphatic carbocycles. The summed E-state index contributed by atoms with van der Waals surface area (Å²) in [4.78, 5) is 5.33. The Labute approximate surface area is 590 Å². The molecule has 0 bridgehead atoms. The second-order valence-electron chi connectivity index (χ2n) is 28.5. The summed E-state index contributed by atoms with van der Waals surface area (Å²) >= 11 is 0. The first-order chi connectivity index (χ1) is 50.3. The molecule has 0 spiro atoms. The van der Waals surface area contributed by atoms with E-state index < -0.39 is 0 Å². The quantitative estimate of drug-likeness (QED) is 0.110. The van der Waals surface area contributed by atoms with Crippen LogP contribution in [0.15, 0.2) is 352 Å². The zero-order valence-corrected chi connectivity index (χ0v) is 56.4. The molecule has 19 aromatic carbocycles. The summed E-state index contributed by atoms with van der Waals surface area (Å²) in [6.45, 7) is 4.82. The molecule has 0 unspecified atom stereocenters. The van der Waals surface area contributed by atoms with Gasteiger partial charge in [-0.15, -0.1) is 0 Å². The largest absolute Gasteiger partial charge is 0.292 e. The third kappa shape index (κ3) is 9.02. The number of benzene rings is 19. The van der Waals surface area contributed by atoms with E-state index in [0.717, 1.165) is 44.8 Å². The monoisotopic (exact) mass is 1290 g/mol. The standard InChI is InChI=1S/C100H64N2/c1-100(2)91-29-15-14-28-80(91)85-59-89-90(60-92(85)100)98(77-45-34-63-20-8-11-24-70(63)54-77)88-58-74(46-49-81(88)95(89)66-38-40-67(41-39-66)99-101-93-30-16-17-31-94(93)102(99)78-25-4-3-5-26-78)73-48-51-83-87(57-73)97(76-44-33-62-19-7-10-23-69(62)53-76)82-50-47-72(56-86(82)96(83)75-43-32-61-18-6-9-22-68(61)52-75)71-42-37-65-36-35-64-21-12-13-27-79(64)84(65)55-71/h3-60H,1-2H3. The van der Waals surface area contributed by atoms with E-state index in [1.165, 1.54) is 169 Å². The van der Waals surface area contributed by atoms with Crippen molar-refractivity contribution in [2.24, 2.45) is 0 Å². The Morgan fingerprint density at radius 2 is 0.608 bits per heavy atom. The van der Waals surface area contributed by atoms with Crippen LogP contribution in [0.2, 0.25) is 0 Å². The van der Waals surface area contributed by atoms with Gasteiger partial charge in [0.15, 0.2) is 0 Å². The Kier molecular flexibility index (Phi) is 12.8. The number of rotatable bonds is 8. The van der Waals surface area contributed by atoms with Gasteiger partial charge in [-0.25, -0.2) is 4.98 Å². The fourth-order valence-electron chi connectivity index (χ4n) is 17.5. The minimum Gasteiger partial charge on any atom is -0.292 e. The number of fused-ring (bicyclic) bond motifs is 14. The number of nitrogens with zero attached hydrogens (tertiary/aromatic N) is 2. The lowest BCUT2D eigenvalue weighted by Gasteiger charge is -2.24. The van der Waals surface area contributed by atoms with Crippen molar-refractivity contribution in [3.05, 3.63) is 363 Å². The Morgan fingerprint density at radius 1 is 0.225 bits per heavy atom. The summed E-state index contributed by atoms with van der Waals surface area (Å²) in [5.74, 6) is 0.910. The lowest BCUT2D eigenvalue weighted by Crippen LogP contribution is -2.14. The smallest absolute Gasteiger partial charge is 0.145 e. The molecule has 0 fully saturated rings. The molecule has 1 aromatic heterocycles. The molecule has 0 N–H and O–H groups in total. The first kappa shape index (κ1) is 58.0. The number of imidazole rings is 1. The first-order valence-electron chi connectivity index (χ1n) is 35.5. The van der Waals surface area contributed by atoms with Crippen molar-refractivity contribution in [2.45, 2.75) is 19.3 Å². The molecule has 20 aromatic rings. The highest BCUT2D eigenvalue weighted by molar-refractivity contribution is 6.26. The molecule has 2 nitrogen and oxygen atoms in total. The van der Waals surface area contributed by atoms with Gasteiger partial charge in [-0.1, -0.05) is 287 Å². The number of hydrogen-bond donors (Lipinski definition) is 0. The number of hydrogen-bond acceptors (Lipinski definition) is 1. The normalized spacial score (nSPS) is 12.7. The van der Waals surface area contributed by atoms with E-state index in [0.29, 0.717) is 0 Å². The van der Waals surface area contributed by atoms with Crippen LogP contribution in [0.25, 0.3) is 203 Å². The Morgan fingerprint density at radius 3 is 1.19 bits per heavy atom. The van der Waals surface area contributed by atoms with Crippen molar-refractivity contribution in [1.29, 1.82) is 0 Å². The molecule has 0 atom stereocenters. The fourth-order valence-corrected chi connectivity index (χ4v) is 17.5. The average Bonchev–Trinajstić information content (AvgIpc) is 1.34. The average molecular weight is 1290 g/mol. The highest BCUT2D eigenvalue weighted by Crippen LogP contribution is 2.55. The summed E-state index contributed by atoms with van der Waals surface area (Å²) in [7, 11) is 0. The maximum atomic E-state index is 5.33. The van der Waals surface area contributed by atoms with Gasteiger partial charge in [0.05, 0.1) is 11.0 Å². The van der Waals surface area contributed by atoms with Gasteiger partial charge in [-0.3, -0.25) is 4.57 Å². The van der Waals surface area contributed by atoms with E-state index in [9.17, 15) is 0 Å². The maximum absolute atomic E-state index is 5.33. The Hall–Kier alpha value is -13.0. The third-order valence-corrected chi connectivity index (χ3v) is 22.5. The van der Waals surface area contributed by atoms with E-state index in [1.54, 1.807) is 0 Å². The Bertz CT molecular complexity index is 6950. The van der Waals surface area contributed by atoms with Gasteiger partial charge < -0.3 is 0 Å². The minimum atomic E-state index is -0.235. The summed E-state index contributed by atoms with van der Waals surface area (Å²) in [6.07, 6.45) is 0. The van der Waals surface area contributed by atoms with Crippen molar-refractivity contribution < 1.29 is 0 Å². The van der Waals surface area contributed by atoms with Crippen LogP contribution in [0.5, 0.6) is 0 Å². The van der Waals surface area contributed by atoms with Crippen molar-refractivity contribution in [1.82, 2.24) is 9.55 Å². The molecular weight excluding hydrogens is 1230 g/mol. The number of aromatic nitrogens is 2. The SMILES string of the molecule is CC1(C)c2ccccc2-c2cc3c(-c4ccc(-c5nc6ccccc6n5-c5ccccc5)cc4)c4ccc(-c5ccc6c(-c7ccc8ccccc8c7)c7cc(-c8ccc9ccc%10ccccc%10c9c8)ccc7c(-c7ccc8ccccc8c7)c6c5)cc4c(-c4ccc5ccccc5c4)c3cc21.